The van der Waals surface area contributed by atoms with Gasteiger partial charge in [0, 0.05) is 23.1 Å². The summed E-state index contributed by atoms with van der Waals surface area (Å²) in [5.41, 5.74) is 2.14. The summed E-state index contributed by atoms with van der Waals surface area (Å²) in [6.07, 6.45) is 3.31. The third-order valence-corrected chi connectivity index (χ3v) is 3.05. The standard InChI is InChI=1S/C14H18N2O/c1-3-10(2)16-14(17)8-11-9-15-13-7-5-4-6-12(11)13/h4-7,9-10,15H,3,8H2,1-2H3,(H,16,17)/t10-/m1/s1. The molecule has 1 aromatic carbocycles. The Hall–Kier alpha value is -1.77. The van der Waals surface area contributed by atoms with Crippen molar-refractivity contribution in [1.29, 1.82) is 0 Å². The van der Waals surface area contributed by atoms with Crippen LogP contribution in [-0.4, -0.2) is 16.9 Å². The van der Waals surface area contributed by atoms with Gasteiger partial charge in [0.15, 0.2) is 0 Å². The van der Waals surface area contributed by atoms with E-state index in [9.17, 15) is 4.79 Å². The first kappa shape index (κ1) is 11.7. The van der Waals surface area contributed by atoms with Crippen molar-refractivity contribution in [3.63, 3.8) is 0 Å². The van der Waals surface area contributed by atoms with Crippen molar-refractivity contribution in [2.24, 2.45) is 0 Å². The molecule has 1 aromatic heterocycles. The van der Waals surface area contributed by atoms with E-state index in [1.807, 2.05) is 37.4 Å². The second-order valence-electron chi connectivity index (χ2n) is 4.41. The summed E-state index contributed by atoms with van der Waals surface area (Å²) in [5, 5.41) is 4.11. The molecule has 1 amide bonds. The van der Waals surface area contributed by atoms with Crippen LogP contribution in [-0.2, 0) is 11.2 Å². The van der Waals surface area contributed by atoms with Crippen LogP contribution in [0.15, 0.2) is 30.5 Å². The number of nitrogens with one attached hydrogen (secondary N) is 2. The average molecular weight is 230 g/mol. The number of fused-ring (bicyclic) bond motifs is 1. The molecular weight excluding hydrogens is 212 g/mol. The fourth-order valence-corrected chi connectivity index (χ4v) is 1.88. The van der Waals surface area contributed by atoms with E-state index in [-0.39, 0.29) is 11.9 Å². The maximum atomic E-state index is 11.8. The first-order valence-electron chi connectivity index (χ1n) is 6.05. The molecule has 0 saturated heterocycles. The molecular formula is C14H18N2O. The van der Waals surface area contributed by atoms with Gasteiger partial charge in [0.25, 0.3) is 0 Å². The van der Waals surface area contributed by atoms with E-state index >= 15 is 0 Å². The number of carbonyl (C=O) groups excluding carboxylic acids is 1. The minimum absolute atomic E-state index is 0.0871. The monoisotopic (exact) mass is 230 g/mol. The van der Waals surface area contributed by atoms with Crippen molar-refractivity contribution in [2.45, 2.75) is 32.7 Å². The molecule has 1 atom stereocenters. The SMILES string of the molecule is CC[C@@H](C)NC(=O)Cc1c[nH]c2ccccc12. The highest BCUT2D eigenvalue weighted by Gasteiger charge is 2.09. The molecule has 0 saturated carbocycles. The minimum Gasteiger partial charge on any atom is -0.361 e. The largest absolute Gasteiger partial charge is 0.361 e. The summed E-state index contributed by atoms with van der Waals surface area (Å²) in [5.74, 6) is 0.0871. The number of aromatic nitrogens is 1. The Kier molecular flexibility index (Phi) is 3.47. The molecule has 0 unspecified atom stereocenters. The number of benzene rings is 1. The van der Waals surface area contributed by atoms with Gasteiger partial charge in [-0.1, -0.05) is 25.1 Å². The third-order valence-electron chi connectivity index (χ3n) is 3.05. The first-order chi connectivity index (χ1) is 8.20. The van der Waals surface area contributed by atoms with Crippen LogP contribution in [0.5, 0.6) is 0 Å². The van der Waals surface area contributed by atoms with Crippen LogP contribution in [0.4, 0.5) is 0 Å². The first-order valence-corrected chi connectivity index (χ1v) is 6.05. The molecule has 0 fully saturated rings. The van der Waals surface area contributed by atoms with Crippen LogP contribution in [0.2, 0.25) is 0 Å². The molecule has 0 aliphatic carbocycles. The zero-order chi connectivity index (χ0) is 12.3. The molecule has 17 heavy (non-hydrogen) atoms. The van der Waals surface area contributed by atoms with Gasteiger partial charge in [0.1, 0.15) is 0 Å². The zero-order valence-electron chi connectivity index (χ0n) is 10.3. The van der Waals surface area contributed by atoms with Crippen LogP contribution < -0.4 is 5.32 Å². The summed E-state index contributed by atoms with van der Waals surface area (Å²) in [4.78, 5) is 15.0. The van der Waals surface area contributed by atoms with Gasteiger partial charge in [0.05, 0.1) is 6.42 Å². The van der Waals surface area contributed by atoms with Gasteiger partial charge < -0.3 is 10.3 Å². The minimum atomic E-state index is 0.0871. The highest BCUT2D eigenvalue weighted by molar-refractivity contribution is 5.88. The lowest BCUT2D eigenvalue weighted by atomic mass is 10.1. The number of H-pyrrole nitrogens is 1. The predicted molar refractivity (Wildman–Crippen MR) is 69.9 cm³/mol. The number of hydrogen-bond acceptors (Lipinski definition) is 1. The molecule has 1 heterocycles. The maximum absolute atomic E-state index is 11.8. The predicted octanol–water partition coefficient (Wildman–Crippen LogP) is 2.63. The molecule has 2 rings (SSSR count). The second-order valence-corrected chi connectivity index (χ2v) is 4.41. The van der Waals surface area contributed by atoms with Crippen molar-refractivity contribution in [3.05, 3.63) is 36.0 Å². The van der Waals surface area contributed by atoms with Crippen LogP contribution in [0, 0.1) is 0 Å². The summed E-state index contributed by atoms with van der Waals surface area (Å²) in [6.45, 7) is 4.09. The van der Waals surface area contributed by atoms with Crippen LogP contribution >= 0.6 is 0 Å². The van der Waals surface area contributed by atoms with Gasteiger partial charge >= 0.3 is 0 Å². The highest BCUT2D eigenvalue weighted by atomic mass is 16.1. The van der Waals surface area contributed by atoms with E-state index in [1.165, 1.54) is 0 Å². The van der Waals surface area contributed by atoms with E-state index in [4.69, 9.17) is 0 Å². The van der Waals surface area contributed by atoms with Crippen molar-refractivity contribution < 1.29 is 4.79 Å². The quantitative estimate of drug-likeness (QED) is 0.833. The molecule has 90 valence electrons. The Bertz CT molecular complexity index is 516. The topological polar surface area (TPSA) is 44.9 Å². The second kappa shape index (κ2) is 5.04. The Labute approximate surface area is 101 Å². The molecule has 2 aromatic rings. The lowest BCUT2D eigenvalue weighted by Gasteiger charge is -2.10. The van der Waals surface area contributed by atoms with Crippen molar-refractivity contribution in [3.8, 4) is 0 Å². The van der Waals surface area contributed by atoms with Crippen LogP contribution in [0.25, 0.3) is 10.9 Å². The van der Waals surface area contributed by atoms with Crippen molar-refractivity contribution in [1.82, 2.24) is 10.3 Å². The number of rotatable bonds is 4. The fourth-order valence-electron chi connectivity index (χ4n) is 1.88. The smallest absolute Gasteiger partial charge is 0.224 e. The molecule has 0 radical (unpaired) electrons. The lowest BCUT2D eigenvalue weighted by Crippen LogP contribution is -2.33. The molecule has 0 aliphatic heterocycles. The lowest BCUT2D eigenvalue weighted by molar-refractivity contribution is -0.121. The summed E-state index contributed by atoms with van der Waals surface area (Å²) < 4.78 is 0. The van der Waals surface area contributed by atoms with Gasteiger partial charge in [0.2, 0.25) is 5.91 Å². The maximum Gasteiger partial charge on any atom is 0.224 e. The Morgan fingerprint density at radius 3 is 2.94 bits per heavy atom. The number of aromatic amines is 1. The van der Waals surface area contributed by atoms with Gasteiger partial charge in [-0.25, -0.2) is 0 Å². The molecule has 0 aliphatic rings. The van der Waals surface area contributed by atoms with E-state index in [0.29, 0.717) is 6.42 Å². The van der Waals surface area contributed by atoms with Gasteiger partial charge in [-0.2, -0.15) is 0 Å². The molecule has 0 bridgehead atoms. The van der Waals surface area contributed by atoms with Crippen LogP contribution in [0.1, 0.15) is 25.8 Å². The van der Waals surface area contributed by atoms with E-state index in [2.05, 4.69) is 17.2 Å². The number of hydrogen-bond donors (Lipinski definition) is 2. The molecule has 2 N–H and O–H groups in total. The Balaban J connectivity index is 2.11. The Morgan fingerprint density at radius 1 is 1.41 bits per heavy atom. The van der Waals surface area contributed by atoms with Crippen molar-refractivity contribution >= 4 is 16.8 Å². The van der Waals surface area contributed by atoms with Gasteiger partial charge in [-0.05, 0) is 25.0 Å². The summed E-state index contributed by atoms with van der Waals surface area (Å²) >= 11 is 0. The molecule has 3 heteroatoms. The number of carbonyl (C=O) groups is 1. The van der Waals surface area contributed by atoms with Gasteiger partial charge in [-0.15, -0.1) is 0 Å². The van der Waals surface area contributed by atoms with E-state index in [1.54, 1.807) is 0 Å². The van der Waals surface area contributed by atoms with E-state index in [0.717, 1.165) is 22.9 Å². The number of amides is 1. The highest BCUT2D eigenvalue weighted by Crippen LogP contribution is 2.17. The summed E-state index contributed by atoms with van der Waals surface area (Å²) in [6, 6.07) is 8.28. The molecule has 0 spiro atoms. The number of para-hydroxylation sites is 1. The fraction of sp³-hybridized carbons (Fsp3) is 0.357. The normalized spacial score (nSPS) is 12.6. The zero-order valence-corrected chi connectivity index (χ0v) is 10.3. The molecule has 3 nitrogen and oxygen atoms in total. The van der Waals surface area contributed by atoms with Gasteiger partial charge in [-0.3, -0.25) is 4.79 Å². The van der Waals surface area contributed by atoms with Crippen molar-refractivity contribution in [2.75, 3.05) is 0 Å². The van der Waals surface area contributed by atoms with E-state index < -0.39 is 0 Å². The van der Waals surface area contributed by atoms with Crippen LogP contribution in [0.3, 0.4) is 0 Å². The summed E-state index contributed by atoms with van der Waals surface area (Å²) in [7, 11) is 0. The third kappa shape index (κ3) is 2.67. The Morgan fingerprint density at radius 2 is 2.18 bits per heavy atom. The average Bonchev–Trinajstić information content (AvgIpc) is 2.72.